The van der Waals surface area contributed by atoms with Crippen LogP contribution in [0.5, 0.6) is 0 Å². The first-order chi connectivity index (χ1) is 8.86. The molecule has 1 heterocycles. The Morgan fingerprint density at radius 1 is 1.00 bits per heavy atom. The minimum absolute atomic E-state index is 0.660. The summed E-state index contributed by atoms with van der Waals surface area (Å²) in [6.45, 7) is 2.20. The van der Waals surface area contributed by atoms with Gasteiger partial charge in [0, 0.05) is 0 Å². The van der Waals surface area contributed by atoms with Crippen molar-refractivity contribution in [2.24, 2.45) is 10.3 Å². The molecule has 1 aromatic carbocycles. The third-order valence-corrected chi connectivity index (χ3v) is 4.22. The van der Waals surface area contributed by atoms with E-state index in [1.165, 1.54) is 56.1 Å². The number of rotatable bonds is 1. The largest absolute Gasteiger partial charge is 0.128 e. The highest BCUT2D eigenvalue weighted by Gasteiger charge is 2.23. The number of hydrogen-bond donors (Lipinski definition) is 0. The zero-order chi connectivity index (χ0) is 12.4. The zero-order valence-corrected chi connectivity index (χ0v) is 11.0. The Kier molecular flexibility index (Phi) is 3.31. The molecular formula is C15H20N3. The van der Waals surface area contributed by atoms with Crippen LogP contribution >= 0.6 is 0 Å². The van der Waals surface area contributed by atoms with Gasteiger partial charge in [0.05, 0.1) is 0 Å². The van der Waals surface area contributed by atoms with Crippen molar-refractivity contribution in [3.8, 4) is 0 Å². The summed E-state index contributed by atoms with van der Waals surface area (Å²) in [5.41, 5.74) is 8.87. The van der Waals surface area contributed by atoms with E-state index in [0.717, 1.165) is 11.4 Å². The fourth-order valence-corrected chi connectivity index (χ4v) is 3.26. The number of benzene rings is 1. The highest BCUT2D eigenvalue weighted by atomic mass is 15.5. The molecule has 3 rings (SSSR count). The van der Waals surface area contributed by atoms with Gasteiger partial charge in [-0.05, 0) is 48.1 Å². The molecule has 2 aliphatic rings. The lowest BCUT2D eigenvalue weighted by Gasteiger charge is -2.22. The molecule has 0 bridgehead atoms. The van der Waals surface area contributed by atoms with E-state index in [4.69, 9.17) is 0 Å². The minimum Gasteiger partial charge on any atom is -0.128 e. The van der Waals surface area contributed by atoms with E-state index in [2.05, 4.69) is 28.8 Å². The van der Waals surface area contributed by atoms with Crippen LogP contribution in [0.3, 0.4) is 0 Å². The predicted molar refractivity (Wildman–Crippen MR) is 72.5 cm³/mol. The Balaban J connectivity index is 1.94. The van der Waals surface area contributed by atoms with E-state index in [0.29, 0.717) is 5.92 Å². The molecule has 1 fully saturated rings. The Hall–Kier alpha value is -1.38. The summed E-state index contributed by atoms with van der Waals surface area (Å²) >= 11 is 0. The van der Waals surface area contributed by atoms with Gasteiger partial charge >= 0.3 is 0 Å². The van der Waals surface area contributed by atoms with E-state index in [-0.39, 0.29) is 0 Å². The lowest BCUT2D eigenvalue weighted by molar-refractivity contribution is 0.455. The molecule has 3 nitrogen and oxygen atoms in total. The molecule has 1 aliphatic heterocycles. The topological polar surface area (TPSA) is 38.8 Å². The van der Waals surface area contributed by atoms with Gasteiger partial charge < -0.3 is 0 Å². The maximum absolute atomic E-state index is 4.25. The highest BCUT2D eigenvalue weighted by Crippen LogP contribution is 2.43. The maximum Gasteiger partial charge on any atom is 0.119 e. The minimum atomic E-state index is 0.660. The van der Waals surface area contributed by atoms with E-state index in [9.17, 15) is 0 Å². The molecule has 0 aromatic heterocycles. The average molecular weight is 242 g/mol. The molecule has 1 radical (unpaired) electrons. The fraction of sp³-hybridized carbons (Fsp3) is 0.600. The van der Waals surface area contributed by atoms with Gasteiger partial charge in [-0.3, -0.25) is 0 Å². The first-order valence-electron chi connectivity index (χ1n) is 7.11. The number of aryl methyl sites for hydroxylation is 1. The summed E-state index contributed by atoms with van der Waals surface area (Å²) in [4.78, 5) is 0. The lowest BCUT2D eigenvalue weighted by atomic mass is 9.83. The SMILES string of the molecule is Cc1ccc2c(c1C1CCCCCCC1)N=N[N]2. The number of fused-ring (bicyclic) bond motifs is 1. The second-order valence-electron chi connectivity index (χ2n) is 5.50. The van der Waals surface area contributed by atoms with Crippen LogP contribution in [0.2, 0.25) is 0 Å². The van der Waals surface area contributed by atoms with Gasteiger partial charge in [-0.2, -0.15) is 0 Å². The van der Waals surface area contributed by atoms with Crippen LogP contribution < -0.4 is 5.43 Å². The monoisotopic (exact) mass is 242 g/mol. The Labute approximate surface area is 109 Å². The van der Waals surface area contributed by atoms with E-state index in [1.54, 1.807) is 0 Å². The van der Waals surface area contributed by atoms with Crippen molar-refractivity contribution in [2.45, 2.75) is 57.8 Å². The Morgan fingerprint density at radius 3 is 2.50 bits per heavy atom. The van der Waals surface area contributed by atoms with Crippen LogP contribution in [-0.4, -0.2) is 0 Å². The second-order valence-corrected chi connectivity index (χ2v) is 5.50. The summed E-state index contributed by atoms with van der Waals surface area (Å²) in [5.74, 6) is 0.660. The van der Waals surface area contributed by atoms with Crippen LogP contribution in [-0.2, 0) is 0 Å². The summed E-state index contributed by atoms with van der Waals surface area (Å²) in [5, 5.41) is 8.09. The van der Waals surface area contributed by atoms with Crippen molar-refractivity contribution in [1.29, 1.82) is 0 Å². The van der Waals surface area contributed by atoms with Crippen LogP contribution in [0.25, 0.3) is 0 Å². The summed E-state index contributed by atoms with van der Waals surface area (Å²) < 4.78 is 0. The first-order valence-corrected chi connectivity index (χ1v) is 7.11. The molecule has 0 amide bonds. The molecule has 0 N–H and O–H groups in total. The Bertz CT molecular complexity index is 457. The van der Waals surface area contributed by atoms with Crippen molar-refractivity contribution >= 4 is 11.4 Å². The van der Waals surface area contributed by atoms with E-state index >= 15 is 0 Å². The zero-order valence-electron chi connectivity index (χ0n) is 11.0. The first kappa shape index (κ1) is 11.7. The Morgan fingerprint density at radius 2 is 1.72 bits per heavy atom. The van der Waals surface area contributed by atoms with Crippen molar-refractivity contribution in [2.75, 3.05) is 0 Å². The molecule has 0 unspecified atom stereocenters. The molecule has 0 spiro atoms. The van der Waals surface area contributed by atoms with Crippen molar-refractivity contribution < 1.29 is 0 Å². The van der Waals surface area contributed by atoms with Gasteiger partial charge in [0.15, 0.2) is 0 Å². The van der Waals surface area contributed by atoms with Crippen LogP contribution in [0, 0.1) is 6.92 Å². The molecule has 1 aromatic rings. The molecular weight excluding hydrogens is 222 g/mol. The molecule has 0 saturated heterocycles. The quantitative estimate of drug-likeness (QED) is 0.659. The smallest absolute Gasteiger partial charge is 0.119 e. The molecule has 0 atom stereocenters. The maximum atomic E-state index is 4.25. The average Bonchev–Trinajstić information content (AvgIpc) is 2.78. The van der Waals surface area contributed by atoms with Gasteiger partial charge in [-0.1, -0.05) is 38.2 Å². The molecule has 18 heavy (non-hydrogen) atoms. The van der Waals surface area contributed by atoms with Gasteiger partial charge in [-0.25, -0.2) is 0 Å². The third kappa shape index (κ3) is 2.14. The fourth-order valence-electron chi connectivity index (χ4n) is 3.26. The molecule has 3 heteroatoms. The van der Waals surface area contributed by atoms with E-state index < -0.39 is 0 Å². The highest BCUT2D eigenvalue weighted by molar-refractivity contribution is 5.69. The second kappa shape index (κ2) is 5.09. The van der Waals surface area contributed by atoms with Gasteiger partial charge in [0.1, 0.15) is 11.4 Å². The van der Waals surface area contributed by atoms with Gasteiger partial charge in [-0.15, -0.1) is 10.5 Å². The summed E-state index contributed by atoms with van der Waals surface area (Å²) in [6.07, 6.45) is 9.48. The summed E-state index contributed by atoms with van der Waals surface area (Å²) in [6, 6.07) is 4.21. The van der Waals surface area contributed by atoms with Gasteiger partial charge in [0.25, 0.3) is 0 Å². The predicted octanol–water partition coefficient (Wildman–Crippen LogP) is 5.07. The third-order valence-electron chi connectivity index (χ3n) is 4.22. The van der Waals surface area contributed by atoms with Gasteiger partial charge in [0.2, 0.25) is 0 Å². The van der Waals surface area contributed by atoms with Crippen LogP contribution in [0.4, 0.5) is 11.4 Å². The van der Waals surface area contributed by atoms with E-state index in [1.807, 2.05) is 6.07 Å². The number of hydrogen-bond acceptors (Lipinski definition) is 2. The molecule has 95 valence electrons. The molecule has 1 aliphatic carbocycles. The number of nitrogens with zero attached hydrogens (tertiary/aromatic N) is 3. The normalized spacial score (nSPS) is 20.1. The van der Waals surface area contributed by atoms with Crippen molar-refractivity contribution in [3.63, 3.8) is 0 Å². The van der Waals surface area contributed by atoms with Crippen molar-refractivity contribution in [1.82, 2.24) is 5.43 Å². The lowest BCUT2D eigenvalue weighted by Crippen LogP contribution is -2.04. The standard InChI is InChI=1S/C15H20N3/c1-11-9-10-13-15(17-18-16-13)14(11)12-7-5-3-2-4-6-8-12/h9-10,12H,2-8H2,1H3. The van der Waals surface area contributed by atoms with Crippen molar-refractivity contribution in [3.05, 3.63) is 23.3 Å². The summed E-state index contributed by atoms with van der Waals surface area (Å²) in [7, 11) is 0. The molecule has 1 saturated carbocycles. The van der Waals surface area contributed by atoms with Crippen LogP contribution in [0.15, 0.2) is 22.5 Å². The van der Waals surface area contributed by atoms with Crippen LogP contribution in [0.1, 0.15) is 62.0 Å².